The van der Waals surface area contributed by atoms with E-state index in [1.807, 2.05) is 25.1 Å². The third-order valence-electron chi connectivity index (χ3n) is 4.14. The highest BCUT2D eigenvalue weighted by Gasteiger charge is 2.43. The van der Waals surface area contributed by atoms with Crippen molar-refractivity contribution < 1.29 is 14.0 Å². The third-order valence-corrected chi connectivity index (χ3v) is 4.90. The molecule has 1 aliphatic rings. The fourth-order valence-electron chi connectivity index (χ4n) is 2.98. The average Bonchev–Trinajstić information content (AvgIpc) is 3.14. The fourth-order valence-corrected chi connectivity index (χ4v) is 3.71. The van der Waals surface area contributed by atoms with Crippen molar-refractivity contribution in [3.63, 3.8) is 0 Å². The van der Waals surface area contributed by atoms with Crippen LogP contribution in [-0.2, 0) is 10.5 Å². The number of thiazole rings is 1. The van der Waals surface area contributed by atoms with Gasteiger partial charge >= 0.3 is 0 Å². The molecule has 24 heavy (non-hydrogen) atoms. The van der Waals surface area contributed by atoms with Crippen molar-refractivity contribution in [3.05, 3.63) is 46.5 Å². The van der Waals surface area contributed by atoms with Gasteiger partial charge in [-0.25, -0.2) is 9.37 Å². The molecule has 0 radical (unpaired) electrons. The Morgan fingerprint density at radius 3 is 2.83 bits per heavy atom. The molecule has 5 nitrogen and oxygen atoms in total. The standard InChI is InChI=1S/C17H18FN3O2S/c1-11-5-3-4-6-13(11)17(18)7-8-21(10-17)15(23)14-9-24-16(20-14)19-12(2)22/h3-6,9H,7-8,10H2,1-2H3,(H,19,20,22). The number of rotatable bonds is 3. The number of carbonyl (C=O) groups is 2. The molecule has 2 heterocycles. The van der Waals surface area contributed by atoms with Gasteiger partial charge in [-0.3, -0.25) is 9.59 Å². The van der Waals surface area contributed by atoms with Gasteiger partial charge in [0.1, 0.15) is 5.69 Å². The van der Waals surface area contributed by atoms with E-state index in [0.29, 0.717) is 17.2 Å². The van der Waals surface area contributed by atoms with E-state index in [-0.39, 0.29) is 30.5 Å². The first-order valence-electron chi connectivity index (χ1n) is 7.66. The zero-order valence-corrected chi connectivity index (χ0v) is 14.3. The van der Waals surface area contributed by atoms with Crippen molar-refractivity contribution >= 4 is 28.3 Å². The van der Waals surface area contributed by atoms with Gasteiger partial charge < -0.3 is 10.2 Å². The molecule has 1 N–H and O–H groups in total. The summed E-state index contributed by atoms with van der Waals surface area (Å²) in [6.07, 6.45) is 0.270. The van der Waals surface area contributed by atoms with E-state index in [1.54, 1.807) is 11.4 Å². The number of nitrogens with one attached hydrogen (secondary N) is 1. The number of hydrogen-bond acceptors (Lipinski definition) is 4. The van der Waals surface area contributed by atoms with Gasteiger partial charge in [0.25, 0.3) is 5.91 Å². The molecule has 3 rings (SSSR count). The van der Waals surface area contributed by atoms with Crippen molar-refractivity contribution in [1.82, 2.24) is 9.88 Å². The van der Waals surface area contributed by atoms with Gasteiger partial charge in [-0.2, -0.15) is 0 Å². The van der Waals surface area contributed by atoms with E-state index in [0.717, 1.165) is 5.56 Å². The number of aromatic nitrogens is 1. The lowest BCUT2D eigenvalue weighted by Gasteiger charge is -2.22. The molecule has 2 aromatic rings. The molecular weight excluding hydrogens is 329 g/mol. The lowest BCUT2D eigenvalue weighted by molar-refractivity contribution is -0.114. The molecule has 1 aliphatic heterocycles. The Bertz CT molecular complexity index is 792. The minimum Gasteiger partial charge on any atom is -0.334 e. The maximum Gasteiger partial charge on any atom is 0.273 e. The number of likely N-dealkylation sites (tertiary alicyclic amines) is 1. The average molecular weight is 347 g/mol. The lowest BCUT2D eigenvalue weighted by Crippen LogP contribution is -2.32. The number of hydrogen-bond donors (Lipinski definition) is 1. The molecule has 0 saturated carbocycles. The summed E-state index contributed by atoms with van der Waals surface area (Å²) in [4.78, 5) is 29.2. The number of halogens is 1. The molecule has 7 heteroatoms. The summed E-state index contributed by atoms with van der Waals surface area (Å²) < 4.78 is 15.3. The maximum absolute atomic E-state index is 15.3. The Labute approximate surface area is 143 Å². The van der Waals surface area contributed by atoms with Crippen molar-refractivity contribution in [2.24, 2.45) is 0 Å². The highest BCUT2D eigenvalue weighted by Crippen LogP contribution is 2.38. The second-order valence-corrected chi connectivity index (χ2v) is 6.83. The molecule has 1 unspecified atom stereocenters. The van der Waals surface area contributed by atoms with Gasteiger partial charge in [-0.05, 0) is 18.1 Å². The predicted octanol–water partition coefficient (Wildman–Crippen LogP) is 3.12. The van der Waals surface area contributed by atoms with Crippen LogP contribution in [-0.4, -0.2) is 34.8 Å². The molecule has 0 spiro atoms. The lowest BCUT2D eigenvalue weighted by atomic mass is 9.91. The fraction of sp³-hybridized carbons (Fsp3) is 0.353. The monoisotopic (exact) mass is 347 g/mol. The zero-order chi connectivity index (χ0) is 17.3. The van der Waals surface area contributed by atoms with Gasteiger partial charge in [0.05, 0.1) is 6.54 Å². The van der Waals surface area contributed by atoms with Crippen molar-refractivity contribution in [3.8, 4) is 0 Å². The smallest absolute Gasteiger partial charge is 0.273 e. The highest BCUT2D eigenvalue weighted by molar-refractivity contribution is 7.14. The third kappa shape index (κ3) is 3.17. The number of benzene rings is 1. The second kappa shape index (κ2) is 6.32. The number of anilines is 1. The summed E-state index contributed by atoms with van der Waals surface area (Å²) in [7, 11) is 0. The molecule has 0 bridgehead atoms. The first kappa shape index (κ1) is 16.6. The van der Waals surface area contributed by atoms with E-state index in [2.05, 4.69) is 10.3 Å². The molecule has 1 aromatic carbocycles. The van der Waals surface area contributed by atoms with Crippen LogP contribution in [0.2, 0.25) is 0 Å². The summed E-state index contributed by atoms with van der Waals surface area (Å²) in [5, 5.41) is 4.50. The van der Waals surface area contributed by atoms with Crippen LogP contribution in [0.3, 0.4) is 0 Å². The van der Waals surface area contributed by atoms with Crippen LogP contribution in [0.25, 0.3) is 0 Å². The van der Waals surface area contributed by atoms with Crippen molar-refractivity contribution in [1.29, 1.82) is 0 Å². The van der Waals surface area contributed by atoms with E-state index >= 15 is 4.39 Å². The molecule has 0 aliphatic carbocycles. The summed E-state index contributed by atoms with van der Waals surface area (Å²) in [5.74, 6) is -0.553. The van der Waals surface area contributed by atoms with Gasteiger partial charge in [-0.15, -0.1) is 11.3 Å². The van der Waals surface area contributed by atoms with Crippen LogP contribution in [0.4, 0.5) is 9.52 Å². The van der Waals surface area contributed by atoms with Crippen LogP contribution in [0.1, 0.15) is 35.0 Å². The van der Waals surface area contributed by atoms with E-state index < -0.39 is 5.67 Å². The van der Waals surface area contributed by atoms with Crippen LogP contribution in [0, 0.1) is 6.92 Å². The van der Waals surface area contributed by atoms with Gasteiger partial charge in [0.15, 0.2) is 10.8 Å². The van der Waals surface area contributed by atoms with Crippen LogP contribution in [0.5, 0.6) is 0 Å². The summed E-state index contributed by atoms with van der Waals surface area (Å²) >= 11 is 1.18. The summed E-state index contributed by atoms with van der Waals surface area (Å²) in [6, 6.07) is 7.34. The predicted molar refractivity (Wildman–Crippen MR) is 90.9 cm³/mol. The Morgan fingerprint density at radius 2 is 2.12 bits per heavy atom. The molecule has 1 aromatic heterocycles. The number of aryl methyl sites for hydroxylation is 1. The maximum atomic E-state index is 15.3. The molecule has 1 saturated heterocycles. The van der Waals surface area contributed by atoms with Crippen LogP contribution in [0.15, 0.2) is 29.6 Å². The Hall–Kier alpha value is -2.28. The quantitative estimate of drug-likeness (QED) is 0.928. The SMILES string of the molecule is CC(=O)Nc1nc(C(=O)N2CCC(F)(c3ccccc3C)C2)cs1. The van der Waals surface area contributed by atoms with E-state index in [9.17, 15) is 9.59 Å². The summed E-state index contributed by atoms with van der Waals surface area (Å²) in [6.45, 7) is 3.62. The molecule has 1 atom stereocenters. The van der Waals surface area contributed by atoms with Crippen LogP contribution < -0.4 is 5.32 Å². The first-order valence-corrected chi connectivity index (χ1v) is 8.54. The Morgan fingerprint density at radius 1 is 1.38 bits per heavy atom. The Kier molecular flexibility index (Phi) is 4.36. The van der Waals surface area contributed by atoms with Crippen molar-refractivity contribution in [2.75, 3.05) is 18.4 Å². The highest BCUT2D eigenvalue weighted by atomic mass is 32.1. The minimum absolute atomic E-state index is 0.0175. The zero-order valence-electron chi connectivity index (χ0n) is 13.5. The normalized spacial score (nSPS) is 20.2. The molecule has 1 fully saturated rings. The number of alkyl halides is 1. The number of carbonyl (C=O) groups excluding carboxylic acids is 2. The second-order valence-electron chi connectivity index (χ2n) is 5.98. The van der Waals surface area contributed by atoms with Crippen molar-refractivity contribution in [2.45, 2.75) is 25.9 Å². The minimum atomic E-state index is -1.53. The number of nitrogens with zero attached hydrogens (tertiary/aromatic N) is 2. The van der Waals surface area contributed by atoms with E-state index in [1.165, 1.54) is 23.2 Å². The topological polar surface area (TPSA) is 62.3 Å². The van der Waals surface area contributed by atoms with Crippen LogP contribution >= 0.6 is 11.3 Å². The Balaban J connectivity index is 1.75. The summed E-state index contributed by atoms with van der Waals surface area (Å²) in [5.41, 5.74) is 0.225. The largest absolute Gasteiger partial charge is 0.334 e. The van der Waals surface area contributed by atoms with Gasteiger partial charge in [-0.1, -0.05) is 24.3 Å². The van der Waals surface area contributed by atoms with E-state index in [4.69, 9.17) is 0 Å². The first-order chi connectivity index (χ1) is 11.4. The molecule has 2 amide bonds. The number of amides is 2. The molecular formula is C17H18FN3O2S. The molecule has 126 valence electrons. The van der Waals surface area contributed by atoms with Gasteiger partial charge in [0, 0.05) is 25.3 Å². The van der Waals surface area contributed by atoms with Gasteiger partial charge in [0.2, 0.25) is 5.91 Å².